The van der Waals surface area contributed by atoms with Gasteiger partial charge in [-0.1, -0.05) is 30.0 Å². The van der Waals surface area contributed by atoms with Crippen molar-refractivity contribution in [3.8, 4) is 5.69 Å². The number of nitrogens with one attached hydrogen (secondary N) is 1. The van der Waals surface area contributed by atoms with Gasteiger partial charge in [0.1, 0.15) is 22.7 Å². The summed E-state index contributed by atoms with van der Waals surface area (Å²) in [5.41, 5.74) is 1.17. The summed E-state index contributed by atoms with van der Waals surface area (Å²) in [6.45, 7) is 0. The van der Waals surface area contributed by atoms with E-state index >= 15 is 0 Å². The van der Waals surface area contributed by atoms with Crippen LogP contribution < -0.4 is 10.9 Å². The summed E-state index contributed by atoms with van der Waals surface area (Å²) in [5, 5.41) is 3.52. The number of hydrogen-bond donors (Lipinski definition) is 1. The lowest BCUT2D eigenvalue weighted by atomic mass is 10.2. The number of halogens is 2. The largest absolute Gasteiger partial charge is 0.448 e. The average Bonchev–Trinajstić information content (AvgIpc) is 3.18. The molecule has 0 radical (unpaired) electrons. The van der Waals surface area contributed by atoms with E-state index < -0.39 is 23.1 Å². The normalized spacial score (nSPS) is 11.2. The number of para-hydroxylation sites is 1. The van der Waals surface area contributed by atoms with Crippen molar-refractivity contribution in [1.29, 1.82) is 0 Å². The lowest BCUT2D eigenvalue weighted by Gasteiger charge is -2.12. The predicted molar refractivity (Wildman–Crippen MR) is 123 cm³/mol. The maximum absolute atomic E-state index is 13.5. The van der Waals surface area contributed by atoms with Gasteiger partial charge in [-0.2, -0.15) is 0 Å². The number of amides is 1. The second kappa shape index (κ2) is 8.51. The monoisotopic (exact) mass is 463 g/mol. The molecule has 33 heavy (non-hydrogen) atoms. The topological polar surface area (TPSA) is 77.1 Å². The summed E-state index contributed by atoms with van der Waals surface area (Å²) in [6.07, 6.45) is 0. The van der Waals surface area contributed by atoms with E-state index in [1.165, 1.54) is 47.0 Å². The van der Waals surface area contributed by atoms with E-state index in [1.807, 2.05) is 6.07 Å². The maximum Gasteiger partial charge on any atom is 0.302 e. The van der Waals surface area contributed by atoms with Crippen LogP contribution in [0.1, 0.15) is 0 Å². The van der Waals surface area contributed by atoms with Gasteiger partial charge in [-0.3, -0.25) is 14.2 Å². The third kappa shape index (κ3) is 4.10. The number of aromatic nitrogens is 2. The van der Waals surface area contributed by atoms with E-state index in [9.17, 15) is 18.4 Å². The SMILES string of the molecule is O=C(CSc1nc2c(oc3ccccc32)c(=O)n1-c1ccc(F)cc1)Nc1cccc(F)c1. The Hall–Kier alpha value is -3.98. The van der Waals surface area contributed by atoms with Gasteiger partial charge in [0.25, 0.3) is 0 Å². The second-order valence-corrected chi connectivity index (χ2v) is 8.08. The first-order valence-electron chi connectivity index (χ1n) is 9.88. The Labute approximate surface area is 189 Å². The van der Waals surface area contributed by atoms with Crippen LogP contribution in [0.15, 0.2) is 87.2 Å². The smallest absolute Gasteiger partial charge is 0.302 e. The first-order valence-corrected chi connectivity index (χ1v) is 10.9. The molecule has 0 saturated heterocycles. The van der Waals surface area contributed by atoms with Gasteiger partial charge in [0.05, 0.1) is 11.4 Å². The van der Waals surface area contributed by atoms with Crippen LogP contribution in [-0.4, -0.2) is 21.2 Å². The van der Waals surface area contributed by atoms with Gasteiger partial charge in [-0.25, -0.2) is 13.8 Å². The van der Waals surface area contributed by atoms with Crippen molar-refractivity contribution in [1.82, 2.24) is 9.55 Å². The molecule has 0 atom stereocenters. The van der Waals surface area contributed by atoms with Gasteiger partial charge in [0, 0.05) is 11.1 Å². The highest BCUT2D eigenvalue weighted by Gasteiger charge is 2.19. The van der Waals surface area contributed by atoms with Crippen LogP contribution in [0, 0.1) is 11.6 Å². The summed E-state index contributed by atoms with van der Waals surface area (Å²) in [4.78, 5) is 30.4. The number of anilines is 1. The Bertz CT molecular complexity index is 1560. The van der Waals surface area contributed by atoms with Crippen LogP contribution >= 0.6 is 11.8 Å². The second-order valence-electron chi connectivity index (χ2n) is 7.13. The van der Waals surface area contributed by atoms with Crippen molar-refractivity contribution >= 4 is 45.4 Å². The van der Waals surface area contributed by atoms with Crippen molar-refractivity contribution in [2.75, 3.05) is 11.1 Å². The summed E-state index contributed by atoms with van der Waals surface area (Å²) >= 11 is 1.03. The average molecular weight is 463 g/mol. The van der Waals surface area contributed by atoms with Crippen LogP contribution in [-0.2, 0) is 4.79 Å². The fourth-order valence-corrected chi connectivity index (χ4v) is 4.24. The third-order valence-corrected chi connectivity index (χ3v) is 5.83. The highest BCUT2D eigenvalue weighted by atomic mass is 32.2. The molecule has 0 fully saturated rings. The number of carbonyl (C=O) groups excluding carboxylic acids is 1. The number of thioether (sulfide) groups is 1. The maximum atomic E-state index is 13.5. The fourth-order valence-electron chi connectivity index (χ4n) is 3.43. The van der Waals surface area contributed by atoms with Crippen LogP contribution in [0.4, 0.5) is 14.5 Å². The van der Waals surface area contributed by atoms with Gasteiger partial charge in [0.15, 0.2) is 5.16 Å². The molecule has 9 heteroatoms. The zero-order valence-corrected chi connectivity index (χ0v) is 17.7. The first-order chi connectivity index (χ1) is 16.0. The Morgan fingerprint density at radius 3 is 2.58 bits per heavy atom. The van der Waals surface area contributed by atoms with Gasteiger partial charge in [-0.05, 0) is 54.6 Å². The minimum Gasteiger partial charge on any atom is -0.448 e. The van der Waals surface area contributed by atoms with Crippen molar-refractivity contribution < 1.29 is 18.0 Å². The van der Waals surface area contributed by atoms with E-state index in [1.54, 1.807) is 24.3 Å². The molecule has 0 aliphatic heterocycles. The number of carbonyl (C=O) groups is 1. The Kier molecular flexibility index (Phi) is 5.39. The molecule has 0 unspecified atom stereocenters. The Morgan fingerprint density at radius 2 is 1.79 bits per heavy atom. The van der Waals surface area contributed by atoms with Crippen molar-refractivity contribution in [2.24, 2.45) is 0 Å². The number of fused-ring (bicyclic) bond motifs is 3. The van der Waals surface area contributed by atoms with Gasteiger partial charge in [0.2, 0.25) is 11.5 Å². The molecule has 5 aromatic rings. The minimum atomic E-state index is -0.476. The van der Waals surface area contributed by atoms with Crippen LogP contribution in [0.2, 0.25) is 0 Å². The number of nitrogens with zero attached hydrogens (tertiary/aromatic N) is 2. The Balaban J connectivity index is 1.56. The Morgan fingerprint density at radius 1 is 1.00 bits per heavy atom. The standard InChI is InChI=1S/C24H15F2N3O3S/c25-14-8-10-17(11-9-14)29-23(31)22-21(18-6-1-2-7-19(18)32-22)28-24(29)33-13-20(30)27-16-5-3-4-15(26)12-16/h1-12H,13H2,(H,27,30). The molecule has 6 nitrogen and oxygen atoms in total. The van der Waals surface area contributed by atoms with E-state index in [2.05, 4.69) is 10.3 Å². The highest BCUT2D eigenvalue weighted by Crippen LogP contribution is 2.28. The number of rotatable bonds is 5. The molecule has 3 aromatic carbocycles. The molecule has 0 spiro atoms. The zero-order valence-electron chi connectivity index (χ0n) is 16.9. The number of benzene rings is 3. The van der Waals surface area contributed by atoms with Crippen molar-refractivity contribution in [3.05, 3.63) is 94.8 Å². The molecule has 2 heterocycles. The summed E-state index contributed by atoms with van der Waals surface area (Å²) < 4.78 is 33.9. The molecule has 0 bridgehead atoms. The van der Waals surface area contributed by atoms with Crippen LogP contribution in [0.3, 0.4) is 0 Å². The molecule has 2 aromatic heterocycles. The van der Waals surface area contributed by atoms with Crippen molar-refractivity contribution in [2.45, 2.75) is 5.16 Å². The molecule has 1 amide bonds. The first kappa shape index (κ1) is 20.9. The minimum absolute atomic E-state index is 0.0640. The van der Waals surface area contributed by atoms with E-state index in [0.29, 0.717) is 27.9 Å². The highest BCUT2D eigenvalue weighted by molar-refractivity contribution is 7.99. The molecule has 164 valence electrons. The summed E-state index contributed by atoms with van der Waals surface area (Å²) in [5.74, 6) is -1.41. The van der Waals surface area contributed by atoms with Crippen molar-refractivity contribution in [3.63, 3.8) is 0 Å². The lowest BCUT2D eigenvalue weighted by Crippen LogP contribution is -2.22. The predicted octanol–water partition coefficient (Wildman–Crippen LogP) is 5.14. The summed E-state index contributed by atoms with van der Waals surface area (Å²) in [7, 11) is 0. The molecule has 0 aliphatic rings. The molecule has 0 aliphatic carbocycles. The van der Waals surface area contributed by atoms with Crippen LogP contribution in [0.5, 0.6) is 0 Å². The number of furan rings is 1. The van der Waals surface area contributed by atoms with E-state index in [4.69, 9.17) is 4.42 Å². The van der Waals surface area contributed by atoms with Gasteiger partial charge >= 0.3 is 5.56 Å². The third-order valence-electron chi connectivity index (χ3n) is 4.89. The van der Waals surface area contributed by atoms with E-state index in [-0.39, 0.29) is 16.5 Å². The molecule has 5 rings (SSSR count). The molecular formula is C24H15F2N3O3S. The molecule has 0 saturated carbocycles. The fraction of sp³-hybridized carbons (Fsp3) is 0.0417. The quantitative estimate of drug-likeness (QED) is 0.289. The van der Waals surface area contributed by atoms with Gasteiger partial charge in [-0.15, -0.1) is 0 Å². The zero-order chi connectivity index (χ0) is 22.9. The van der Waals surface area contributed by atoms with Gasteiger partial charge < -0.3 is 9.73 Å². The van der Waals surface area contributed by atoms with E-state index in [0.717, 1.165) is 11.8 Å². The summed E-state index contributed by atoms with van der Waals surface area (Å²) in [6, 6.07) is 18.0. The molecule has 1 N–H and O–H groups in total. The van der Waals surface area contributed by atoms with Crippen LogP contribution in [0.25, 0.3) is 27.8 Å². The number of hydrogen-bond acceptors (Lipinski definition) is 5. The lowest BCUT2D eigenvalue weighted by molar-refractivity contribution is -0.113. The molecular weight excluding hydrogens is 448 g/mol.